The largest absolute Gasteiger partial charge is 0.447 e. The van der Waals surface area contributed by atoms with Gasteiger partial charge in [0.1, 0.15) is 12.1 Å². The van der Waals surface area contributed by atoms with Crippen molar-refractivity contribution in [2.75, 3.05) is 13.2 Å². The molecule has 0 radical (unpaired) electrons. The molecule has 1 fully saturated rings. The summed E-state index contributed by atoms with van der Waals surface area (Å²) in [5.41, 5.74) is 1.97. The standard InChI is InChI=1S/C24H24Cl2FN3O3/c25-20-5-1-3-17(23(20)26)13-30(12-16-6-8-18(27)9-7-16)14-22-29-21(15-33-22)24(31)28-11-19-4-2-10-32-19/h1,3,5-9,15,19H,2,4,10-14H2,(H,28,31)/t19-/m0/s1. The molecule has 0 unspecified atom stereocenters. The van der Waals surface area contributed by atoms with Crippen LogP contribution in [0.1, 0.15) is 40.3 Å². The van der Waals surface area contributed by atoms with Gasteiger partial charge in [0.2, 0.25) is 5.89 Å². The number of hydrogen-bond acceptors (Lipinski definition) is 5. The minimum Gasteiger partial charge on any atom is -0.447 e. The van der Waals surface area contributed by atoms with Gasteiger partial charge in [-0.1, -0.05) is 47.5 Å². The number of rotatable bonds is 9. The highest BCUT2D eigenvalue weighted by atomic mass is 35.5. The van der Waals surface area contributed by atoms with Crippen molar-refractivity contribution < 1.29 is 18.3 Å². The molecule has 4 rings (SSSR count). The Labute approximate surface area is 201 Å². The maximum atomic E-state index is 13.3. The van der Waals surface area contributed by atoms with Crippen molar-refractivity contribution >= 4 is 29.1 Å². The Kier molecular flexibility index (Phi) is 7.98. The zero-order valence-electron chi connectivity index (χ0n) is 17.9. The lowest BCUT2D eigenvalue weighted by molar-refractivity contribution is 0.0853. The van der Waals surface area contributed by atoms with Crippen LogP contribution in [0.3, 0.4) is 0 Å². The van der Waals surface area contributed by atoms with Crippen LogP contribution in [0, 0.1) is 5.82 Å². The first kappa shape index (κ1) is 23.7. The Hall–Kier alpha value is -2.45. The molecule has 1 saturated heterocycles. The first-order valence-corrected chi connectivity index (χ1v) is 11.5. The van der Waals surface area contributed by atoms with Gasteiger partial charge in [0.15, 0.2) is 5.69 Å². The summed E-state index contributed by atoms with van der Waals surface area (Å²) >= 11 is 12.6. The summed E-state index contributed by atoms with van der Waals surface area (Å²) in [6, 6.07) is 11.7. The molecule has 1 amide bonds. The number of ether oxygens (including phenoxy) is 1. The highest BCUT2D eigenvalue weighted by molar-refractivity contribution is 6.42. The Balaban J connectivity index is 1.45. The molecule has 2 aromatic carbocycles. The quantitative estimate of drug-likeness (QED) is 0.443. The molecule has 0 saturated carbocycles. The van der Waals surface area contributed by atoms with Crippen LogP contribution in [0.15, 0.2) is 53.1 Å². The number of amides is 1. The number of carbonyl (C=O) groups excluding carboxylic acids is 1. The summed E-state index contributed by atoms with van der Waals surface area (Å²) in [6.07, 6.45) is 3.35. The maximum absolute atomic E-state index is 13.3. The lowest BCUT2D eigenvalue weighted by Crippen LogP contribution is -2.32. The van der Waals surface area contributed by atoms with Gasteiger partial charge < -0.3 is 14.5 Å². The van der Waals surface area contributed by atoms with Crippen LogP contribution in [-0.2, 0) is 24.4 Å². The van der Waals surface area contributed by atoms with Gasteiger partial charge in [-0.2, -0.15) is 0 Å². The van der Waals surface area contributed by atoms with E-state index in [2.05, 4.69) is 10.3 Å². The van der Waals surface area contributed by atoms with E-state index < -0.39 is 0 Å². The van der Waals surface area contributed by atoms with Crippen molar-refractivity contribution in [3.05, 3.63) is 87.3 Å². The minimum atomic E-state index is -0.302. The van der Waals surface area contributed by atoms with E-state index in [9.17, 15) is 9.18 Å². The smallest absolute Gasteiger partial charge is 0.273 e. The molecule has 1 atom stereocenters. The molecule has 3 aromatic rings. The molecule has 0 spiro atoms. The van der Waals surface area contributed by atoms with Gasteiger partial charge in [-0.05, 0) is 42.2 Å². The molecule has 1 aliphatic rings. The molecule has 0 aliphatic carbocycles. The average Bonchev–Trinajstić information content (AvgIpc) is 3.49. The molecular weight excluding hydrogens is 468 g/mol. The van der Waals surface area contributed by atoms with Gasteiger partial charge in [-0.3, -0.25) is 9.69 Å². The average molecular weight is 492 g/mol. The first-order valence-electron chi connectivity index (χ1n) is 10.7. The second-order valence-electron chi connectivity index (χ2n) is 7.96. The summed E-state index contributed by atoms with van der Waals surface area (Å²) in [5.74, 6) is -0.212. The second kappa shape index (κ2) is 11.1. The van der Waals surface area contributed by atoms with E-state index in [1.807, 2.05) is 17.0 Å². The van der Waals surface area contributed by atoms with Gasteiger partial charge >= 0.3 is 0 Å². The summed E-state index contributed by atoms with van der Waals surface area (Å²) in [6.45, 7) is 2.45. The maximum Gasteiger partial charge on any atom is 0.273 e. The highest BCUT2D eigenvalue weighted by Crippen LogP contribution is 2.27. The second-order valence-corrected chi connectivity index (χ2v) is 8.74. The van der Waals surface area contributed by atoms with E-state index in [4.69, 9.17) is 32.4 Å². The molecule has 6 nitrogen and oxygen atoms in total. The summed E-state index contributed by atoms with van der Waals surface area (Å²) < 4.78 is 24.4. The van der Waals surface area contributed by atoms with Crippen LogP contribution >= 0.6 is 23.2 Å². The molecule has 1 aliphatic heterocycles. The first-order chi connectivity index (χ1) is 16.0. The highest BCUT2D eigenvalue weighted by Gasteiger charge is 2.20. The third-order valence-electron chi connectivity index (χ3n) is 5.40. The molecule has 33 heavy (non-hydrogen) atoms. The number of nitrogens with one attached hydrogen (secondary N) is 1. The van der Waals surface area contributed by atoms with Crippen LogP contribution in [0.2, 0.25) is 10.0 Å². The Morgan fingerprint density at radius 1 is 1.15 bits per heavy atom. The van der Waals surface area contributed by atoms with Gasteiger partial charge in [-0.15, -0.1) is 0 Å². The summed E-state index contributed by atoms with van der Waals surface area (Å²) in [5, 5.41) is 3.78. The van der Waals surface area contributed by atoms with Gasteiger partial charge in [0.05, 0.1) is 22.7 Å². The van der Waals surface area contributed by atoms with Crippen molar-refractivity contribution in [2.24, 2.45) is 0 Å². The van der Waals surface area contributed by atoms with Crippen molar-refractivity contribution in [2.45, 2.75) is 38.6 Å². The van der Waals surface area contributed by atoms with Crippen molar-refractivity contribution in [3.63, 3.8) is 0 Å². The third kappa shape index (κ3) is 6.54. The van der Waals surface area contributed by atoms with E-state index >= 15 is 0 Å². The fraction of sp³-hybridized carbons (Fsp3) is 0.333. The van der Waals surface area contributed by atoms with Crippen LogP contribution in [0.5, 0.6) is 0 Å². The number of aromatic nitrogens is 1. The van der Waals surface area contributed by atoms with Gasteiger partial charge in [-0.25, -0.2) is 9.37 Å². The van der Waals surface area contributed by atoms with E-state index in [1.54, 1.807) is 18.2 Å². The van der Waals surface area contributed by atoms with Crippen molar-refractivity contribution in [3.8, 4) is 0 Å². The van der Waals surface area contributed by atoms with Crippen molar-refractivity contribution in [1.82, 2.24) is 15.2 Å². The van der Waals surface area contributed by atoms with E-state index in [1.165, 1.54) is 18.4 Å². The molecule has 0 bridgehead atoms. The van der Waals surface area contributed by atoms with E-state index in [0.717, 1.165) is 30.6 Å². The monoisotopic (exact) mass is 491 g/mol. The topological polar surface area (TPSA) is 67.6 Å². The zero-order chi connectivity index (χ0) is 23.2. The number of oxazole rings is 1. The third-order valence-corrected chi connectivity index (χ3v) is 6.26. The lowest BCUT2D eigenvalue weighted by Gasteiger charge is -2.22. The number of nitrogens with zero attached hydrogens (tertiary/aromatic N) is 2. The summed E-state index contributed by atoms with van der Waals surface area (Å²) in [7, 11) is 0. The van der Waals surface area contributed by atoms with Crippen molar-refractivity contribution in [1.29, 1.82) is 0 Å². The Bertz CT molecular complexity index is 1080. The zero-order valence-corrected chi connectivity index (χ0v) is 19.4. The molecular formula is C24H24Cl2FN3O3. The predicted molar refractivity (Wildman–Crippen MR) is 124 cm³/mol. The molecule has 174 valence electrons. The van der Waals surface area contributed by atoms with Crippen LogP contribution in [-0.4, -0.2) is 35.0 Å². The van der Waals surface area contributed by atoms with Crippen LogP contribution in [0.4, 0.5) is 4.39 Å². The Morgan fingerprint density at radius 3 is 2.73 bits per heavy atom. The molecule has 2 heterocycles. The fourth-order valence-electron chi connectivity index (χ4n) is 3.71. The lowest BCUT2D eigenvalue weighted by atomic mass is 10.1. The minimum absolute atomic E-state index is 0.0500. The number of halogens is 3. The molecule has 9 heteroatoms. The SMILES string of the molecule is O=C(NC[C@@H]1CCCO1)c1coc(CN(Cc2ccc(F)cc2)Cc2cccc(Cl)c2Cl)n1. The summed E-state index contributed by atoms with van der Waals surface area (Å²) in [4.78, 5) is 18.8. The number of benzene rings is 2. The van der Waals surface area contributed by atoms with E-state index in [0.29, 0.717) is 42.1 Å². The predicted octanol–water partition coefficient (Wildman–Crippen LogP) is 5.23. The van der Waals surface area contributed by atoms with Gasteiger partial charge in [0.25, 0.3) is 5.91 Å². The fourth-order valence-corrected chi connectivity index (χ4v) is 4.09. The Morgan fingerprint density at radius 2 is 1.97 bits per heavy atom. The molecule has 1 N–H and O–H groups in total. The molecule has 1 aromatic heterocycles. The normalized spacial score (nSPS) is 15.8. The van der Waals surface area contributed by atoms with Crippen LogP contribution < -0.4 is 5.32 Å². The van der Waals surface area contributed by atoms with Crippen LogP contribution in [0.25, 0.3) is 0 Å². The van der Waals surface area contributed by atoms with E-state index in [-0.39, 0.29) is 23.5 Å². The number of hydrogen-bond donors (Lipinski definition) is 1. The number of carbonyl (C=O) groups is 1. The van der Waals surface area contributed by atoms with Gasteiger partial charge in [0, 0.05) is 26.2 Å².